The first kappa shape index (κ1) is 15.5. The summed E-state index contributed by atoms with van der Waals surface area (Å²) < 4.78 is 0. The van der Waals surface area contributed by atoms with Gasteiger partial charge >= 0.3 is 0 Å². The topological polar surface area (TPSA) is 32.3 Å². The van der Waals surface area contributed by atoms with E-state index in [4.69, 9.17) is 0 Å². The lowest BCUT2D eigenvalue weighted by atomic mass is 9.89. The molecule has 2 rings (SSSR count). The molecule has 4 heteroatoms. The molecule has 0 saturated carbocycles. The Hall–Kier alpha value is -0.870. The highest BCUT2D eigenvalue weighted by Crippen LogP contribution is 2.33. The van der Waals surface area contributed by atoms with Crippen LogP contribution in [0, 0.1) is 5.41 Å². The van der Waals surface area contributed by atoms with Gasteiger partial charge in [-0.05, 0) is 29.7 Å². The van der Waals surface area contributed by atoms with Crippen molar-refractivity contribution >= 4 is 17.2 Å². The van der Waals surface area contributed by atoms with E-state index in [0.29, 0.717) is 0 Å². The van der Waals surface area contributed by atoms with Gasteiger partial charge in [0.25, 0.3) is 0 Å². The molecule has 0 bridgehead atoms. The molecule has 1 N–H and O–H groups in total. The second-order valence-corrected chi connectivity index (χ2v) is 7.39. The van der Waals surface area contributed by atoms with Crippen molar-refractivity contribution in [1.82, 2.24) is 10.2 Å². The SMILES string of the molecule is CCCC1NC(c2cccs2)N(CC(C)(C)CC)C1=O. The van der Waals surface area contributed by atoms with Crippen molar-refractivity contribution in [1.29, 1.82) is 0 Å². The molecule has 20 heavy (non-hydrogen) atoms. The van der Waals surface area contributed by atoms with Crippen LogP contribution in [-0.2, 0) is 4.79 Å². The number of thiophene rings is 1. The lowest BCUT2D eigenvalue weighted by Gasteiger charge is -2.32. The summed E-state index contributed by atoms with van der Waals surface area (Å²) in [6.45, 7) is 9.61. The monoisotopic (exact) mass is 294 g/mol. The Kier molecular flexibility index (Phi) is 4.86. The van der Waals surface area contributed by atoms with Crippen molar-refractivity contribution in [2.24, 2.45) is 5.41 Å². The van der Waals surface area contributed by atoms with E-state index in [1.165, 1.54) is 4.88 Å². The van der Waals surface area contributed by atoms with Gasteiger partial charge in [-0.1, -0.05) is 40.2 Å². The summed E-state index contributed by atoms with van der Waals surface area (Å²) >= 11 is 1.72. The van der Waals surface area contributed by atoms with E-state index in [1.807, 2.05) is 0 Å². The smallest absolute Gasteiger partial charge is 0.241 e. The highest BCUT2D eigenvalue weighted by atomic mass is 32.1. The maximum Gasteiger partial charge on any atom is 0.241 e. The summed E-state index contributed by atoms with van der Waals surface area (Å²) in [4.78, 5) is 16.0. The molecule has 112 valence electrons. The van der Waals surface area contributed by atoms with E-state index in [1.54, 1.807) is 11.3 Å². The molecule has 2 unspecified atom stereocenters. The number of hydrogen-bond acceptors (Lipinski definition) is 3. The maximum atomic E-state index is 12.7. The van der Waals surface area contributed by atoms with Crippen LogP contribution in [-0.4, -0.2) is 23.4 Å². The van der Waals surface area contributed by atoms with Crippen molar-refractivity contribution < 1.29 is 4.79 Å². The zero-order valence-electron chi connectivity index (χ0n) is 13.0. The largest absolute Gasteiger partial charge is 0.320 e. The summed E-state index contributed by atoms with van der Waals surface area (Å²) in [6, 6.07) is 4.16. The van der Waals surface area contributed by atoms with Crippen molar-refractivity contribution in [2.45, 2.75) is 59.2 Å². The van der Waals surface area contributed by atoms with Crippen LogP contribution in [0.15, 0.2) is 17.5 Å². The van der Waals surface area contributed by atoms with E-state index in [-0.39, 0.29) is 23.5 Å². The minimum Gasteiger partial charge on any atom is -0.320 e. The Morgan fingerprint density at radius 3 is 2.70 bits per heavy atom. The van der Waals surface area contributed by atoms with Gasteiger partial charge in [-0.3, -0.25) is 10.1 Å². The third kappa shape index (κ3) is 3.23. The van der Waals surface area contributed by atoms with Gasteiger partial charge in [-0.2, -0.15) is 0 Å². The van der Waals surface area contributed by atoms with Crippen molar-refractivity contribution in [2.75, 3.05) is 6.54 Å². The Morgan fingerprint density at radius 2 is 2.15 bits per heavy atom. The maximum absolute atomic E-state index is 12.7. The van der Waals surface area contributed by atoms with E-state index < -0.39 is 0 Å². The zero-order chi connectivity index (χ0) is 14.8. The molecular weight excluding hydrogens is 268 g/mol. The van der Waals surface area contributed by atoms with Crippen LogP contribution in [0.1, 0.15) is 58.0 Å². The second-order valence-electron chi connectivity index (χ2n) is 6.41. The van der Waals surface area contributed by atoms with Crippen molar-refractivity contribution in [3.05, 3.63) is 22.4 Å². The molecule has 1 aliphatic rings. The predicted octanol–water partition coefficient (Wildman–Crippen LogP) is 3.78. The molecule has 0 aromatic carbocycles. The minimum atomic E-state index is -0.0141. The van der Waals surface area contributed by atoms with Crippen molar-refractivity contribution in [3.8, 4) is 0 Å². The number of carbonyl (C=O) groups excluding carboxylic acids is 1. The quantitative estimate of drug-likeness (QED) is 0.866. The van der Waals surface area contributed by atoms with Gasteiger partial charge in [0, 0.05) is 11.4 Å². The third-order valence-electron chi connectivity index (χ3n) is 4.20. The highest BCUT2D eigenvalue weighted by Gasteiger charge is 2.41. The van der Waals surface area contributed by atoms with Gasteiger partial charge in [0.2, 0.25) is 5.91 Å². The van der Waals surface area contributed by atoms with Gasteiger partial charge in [0.05, 0.1) is 6.04 Å². The summed E-state index contributed by atoms with van der Waals surface area (Å²) in [5.74, 6) is 0.270. The molecule has 0 radical (unpaired) electrons. The molecule has 2 heterocycles. The van der Waals surface area contributed by atoms with E-state index in [0.717, 1.165) is 25.8 Å². The number of amides is 1. The summed E-state index contributed by atoms with van der Waals surface area (Å²) in [5, 5.41) is 5.61. The molecule has 0 spiro atoms. The molecule has 1 saturated heterocycles. The number of carbonyl (C=O) groups is 1. The van der Waals surface area contributed by atoms with Crippen molar-refractivity contribution in [3.63, 3.8) is 0 Å². The molecule has 3 nitrogen and oxygen atoms in total. The fourth-order valence-electron chi connectivity index (χ4n) is 2.60. The molecule has 0 aliphatic carbocycles. The first-order valence-corrected chi connectivity index (χ1v) is 8.46. The number of hydrogen-bond donors (Lipinski definition) is 1. The van der Waals surface area contributed by atoms with Gasteiger partial charge in [0.1, 0.15) is 6.17 Å². The fraction of sp³-hybridized carbons (Fsp3) is 0.688. The number of nitrogens with zero attached hydrogens (tertiary/aromatic N) is 1. The zero-order valence-corrected chi connectivity index (χ0v) is 13.8. The second kappa shape index (κ2) is 6.27. The lowest BCUT2D eigenvalue weighted by Crippen LogP contribution is -2.38. The number of nitrogens with one attached hydrogen (secondary N) is 1. The minimum absolute atomic E-state index is 0.0141. The van der Waals surface area contributed by atoms with Gasteiger partial charge in [-0.15, -0.1) is 11.3 Å². The van der Waals surface area contributed by atoms with E-state index in [9.17, 15) is 4.79 Å². The Bertz CT molecular complexity index is 441. The fourth-order valence-corrected chi connectivity index (χ4v) is 3.40. The third-order valence-corrected chi connectivity index (χ3v) is 5.12. The Labute approximate surface area is 126 Å². The first-order chi connectivity index (χ1) is 9.48. The van der Waals surface area contributed by atoms with Crippen LogP contribution in [0.25, 0.3) is 0 Å². The van der Waals surface area contributed by atoms with Gasteiger partial charge in [-0.25, -0.2) is 0 Å². The number of rotatable bonds is 6. The molecule has 1 aromatic rings. The van der Waals surface area contributed by atoms with Crippen LogP contribution < -0.4 is 5.32 Å². The molecule has 2 atom stereocenters. The average molecular weight is 294 g/mol. The molecule has 1 amide bonds. The Balaban J connectivity index is 2.21. The normalized spacial score (nSPS) is 23.6. The summed E-state index contributed by atoms with van der Waals surface area (Å²) in [5.41, 5.74) is 0.161. The van der Waals surface area contributed by atoms with Gasteiger partial charge in [0.15, 0.2) is 0 Å². The predicted molar refractivity (Wildman–Crippen MR) is 84.7 cm³/mol. The van der Waals surface area contributed by atoms with E-state index in [2.05, 4.69) is 55.4 Å². The highest BCUT2D eigenvalue weighted by molar-refractivity contribution is 7.10. The molecular formula is C16H26N2OS. The average Bonchev–Trinajstić information content (AvgIpc) is 3.02. The van der Waals surface area contributed by atoms with Crippen LogP contribution in [0.2, 0.25) is 0 Å². The summed E-state index contributed by atoms with van der Waals surface area (Å²) in [7, 11) is 0. The molecule has 1 fully saturated rings. The molecule has 1 aliphatic heterocycles. The van der Waals surface area contributed by atoms with E-state index >= 15 is 0 Å². The van der Waals surface area contributed by atoms with Crippen LogP contribution in [0.3, 0.4) is 0 Å². The van der Waals surface area contributed by atoms with Gasteiger partial charge < -0.3 is 4.90 Å². The van der Waals surface area contributed by atoms with Crippen LogP contribution in [0.5, 0.6) is 0 Å². The first-order valence-electron chi connectivity index (χ1n) is 7.58. The van der Waals surface area contributed by atoms with Crippen LogP contribution >= 0.6 is 11.3 Å². The lowest BCUT2D eigenvalue weighted by molar-refractivity contribution is -0.131. The Morgan fingerprint density at radius 1 is 1.40 bits per heavy atom. The standard InChI is InChI=1S/C16H26N2OS/c1-5-8-12-15(19)18(11-16(3,4)6-2)14(17-12)13-9-7-10-20-13/h7,9-10,12,14,17H,5-6,8,11H2,1-4H3. The summed E-state index contributed by atoms with van der Waals surface area (Å²) in [6.07, 6.45) is 3.09. The van der Waals surface area contributed by atoms with Crippen LogP contribution in [0.4, 0.5) is 0 Å². The molecule has 1 aromatic heterocycles.